The van der Waals surface area contributed by atoms with Gasteiger partial charge in [0.25, 0.3) is 0 Å². The molecule has 30 heavy (non-hydrogen) atoms. The Balaban J connectivity index is 1.72. The number of aliphatic hydroxyl groups excluding tert-OH is 3. The van der Waals surface area contributed by atoms with Crippen LogP contribution in [0.5, 0.6) is 0 Å². The van der Waals surface area contributed by atoms with Gasteiger partial charge in [-0.1, -0.05) is 67.9 Å². The van der Waals surface area contributed by atoms with Crippen molar-refractivity contribution < 1.29 is 20.1 Å². The number of hydrogen-bond donors (Lipinski definition) is 4. The average molecular weight is 413 g/mol. The molecule has 0 aromatic heterocycles. The predicted octanol–water partition coefficient (Wildman–Crippen LogP) is 1.93. The van der Waals surface area contributed by atoms with Gasteiger partial charge in [-0.2, -0.15) is 0 Å². The van der Waals surface area contributed by atoms with Crippen LogP contribution in [0.15, 0.2) is 54.6 Å². The van der Waals surface area contributed by atoms with Gasteiger partial charge in [0.15, 0.2) is 0 Å². The fourth-order valence-corrected chi connectivity index (χ4v) is 4.09. The van der Waals surface area contributed by atoms with Crippen LogP contribution < -0.4 is 5.32 Å². The number of hydrogen-bond acceptors (Lipinski definition) is 5. The lowest BCUT2D eigenvalue weighted by atomic mass is 10.0. The highest BCUT2D eigenvalue weighted by atomic mass is 16.3. The molecule has 4 N–H and O–H groups in total. The van der Waals surface area contributed by atoms with Crippen molar-refractivity contribution in [3.05, 3.63) is 60.2 Å². The number of likely N-dealkylation sites (tertiary alicyclic amines) is 1. The van der Waals surface area contributed by atoms with Crippen molar-refractivity contribution in [2.45, 2.75) is 57.0 Å². The normalized spacial score (nSPS) is 24.1. The van der Waals surface area contributed by atoms with Gasteiger partial charge in [0.1, 0.15) is 0 Å². The van der Waals surface area contributed by atoms with Gasteiger partial charge in [-0.25, -0.2) is 0 Å². The van der Waals surface area contributed by atoms with Crippen molar-refractivity contribution in [1.82, 2.24) is 10.2 Å². The summed E-state index contributed by atoms with van der Waals surface area (Å²) in [4.78, 5) is 14.2. The Labute approximate surface area is 178 Å². The summed E-state index contributed by atoms with van der Waals surface area (Å²) >= 11 is 0. The standard InChI is InChI=1S/C24H32N2O4/c1-2-3-13-25-22(28)14-20-23(29)24(30)21(16-27)26(20)15-17-9-11-19(12-10-17)18-7-5-4-6-8-18/h4-12,20-21,23-24,27,29-30H,2-3,13-16H2,1H3,(H,25,28). The number of rotatable bonds is 9. The lowest BCUT2D eigenvalue weighted by Gasteiger charge is -2.29. The quantitative estimate of drug-likeness (QED) is 0.472. The van der Waals surface area contributed by atoms with Crippen LogP contribution in [0.3, 0.4) is 0 Å². The largest absolute Gasteiger partial charge is 0.395 e. The molecule has 1 amide bonds. The SMILES string of the molecule is CCCCNC(=O)CC1C(O)C(O)C(CO)N1Cc1ccc(-c2ccccc2)cc1. The van der Waals surface area contributed by atoms with E-state index in [2.05, 4.69) is 24.4 Å². The first-order valence-electron chi connectivity index (χ1n) is 10.7. The molecule has 2 aromatic carbocycles. The van der Waals surface area contributed by atoms with E-state index in [1.807, 2.05) is 47.4 Å². The number of benzene rings is 2. The van der Waals surface area contributed by atoms with Crippen molar-refractivity contribution in [2.24, 2.45) is 0 Å². The zero-order chi connectivity index (χ0) is 21.5. The third-order valence-electron chi connectivity index (χ3n) is 5.85. The molecule has 1 fully saturated rings. The van der Waals surface area contributed by atoms with Gasteiger partial charge in [-0.3, -0.25) is 9.69 Å². The molecule has 1 saturated heterocycles. The van der Waals surface area contributed by atoms with E-state index in [1.54, 1.807) is 0 Å². The average Bonchev–Trinajstić information content (AvgIpc) is 2.99. The topological polar surface area (TPSA) is 93.0 Å². The van der Waals surface area contributed by atoms with E-state index >= 15 is 0 Å². The molecule has 0 saturated carbocycles. The summed E-state index contributed by atoms with van der Waals surface area (Å²) in [6.45, 7) is 2.81. The lowest BCUT2D eigenvalue weighted by molar-refractivity contribution is -0.123. The summed E-state index contributed by atoms with van der Waals surface area (Å²) in [5.41, 5.74) is 3.23. The summed E-state index contributed by atoms with van der Waals surface area (Å²) in [7, 11) is 0. The van der Waals surface area contributed by atoms with Gasteiger partial charge < -0.3 is 20.6 Å². The van der Waals surface area contributed by atoms with E-state index in [0.29, 0.717) is 13.1 Å². The third kappa shape index (κ3) is 5.26. The highest BCUT2D eigenvalue weighted by Crippen LogP contribution is 2.30. The van der Waals surface area contributed by atoms with E-state index < -0.39 is 24.3 Å². The van der Waals surface area contributed by atoms with Crippen LogP contribution in [0, 0.1) is 0 Å². The Morgan fingerprint density at radius 1 is 0.967 bits per heavy atom. The second kappa shape index (κ2) is 10.7. The summed E-state index contributed by atoms with van der Waals surface area (Å²) in [6.07, 6.45) is -0.198. The number of carbonyl (C=O) groups is 1. The van der Waals surface area contributed by atoms with Crippen molar-refractivity contribution in [3.63, 3.8) is 0 Å². The van der Waals surface area contributed by atoms with Gasteiger partial charge in [0.2, 0.25) is 5.91 Å². The minimum atomic E-state index is -1.09. The van der Waals surface area contributed by atoms with E-state index in [4.69, 9.17) is 0 Å². The van der Waals surface area contributed by atoms with Crippen LogP contribution in [0.4, 0.5) is 0 Å². The van der Waals surface area contributed by atoms with Crippen LogP contribution in [0.25, 0.3) is 11.1 Å². The molecule has 6 nitrogen and oxygen atoms in total. The van der Waals surface area contributed by atoms with Gasteiger partial charge in [-0.15, -0.1) is 0 Å². The summed E-state index contributed by atoms with van der Waals surface area (Å²) < 4.78 is 0. The van der Waals surface area contributed by atoms with Crippen LogP contribution in [0.1, 0.15) is 31.7 Å². The molecule has 6 heteroatoms. The molecule has 0 bridgehead atoms. The molecule has 3 rings (SSSR count). The van der Waals surface area contributed by atoms with Crippen LogP contribution in [-0.4, -0.2) is 63.6 Å². The third-order valence-corrected chi connectivity index (χ3v) is 5.85. The minimum Gasteiger partial charge on any atom is -0.395 e. The lowest BCUT2D eigenvalue weighted by Crippen LogP contribution is -2.43. The first-order valence-corrected chi connectivity index (χ1v) is 10.7. The number of aliphatic hydroxyl groups is 3. The zero-order valence-corrected chi connectivity index (χ0v) is 17.4. The smallest absolute Gasteiger partial charge is 0.221 e. The summed E-state index contributed by atoms with van der Waals surface area (Å²) in [5, 5.41) is 33.6. The molecule has 1 heterocycles. The number of amides is 1. The Bertz CT molecular complexity index is 797. The van der Waals surface area contributed by atoms with Crippen molar-refractivity contribution in [3.8, 4) is 11.1 Å². The van der Waals surface area contributed by atoms with E-state index in [-0.39, 0.29) is 18.9 Å². The highest BCUT2D eigenvalue weighted by Gasteiger charge is 2.47. The Morgan fingerprint density at radius 3 is 2.23 bits per heavy atom. The maximum absolute atomic E-state index is 12.3. The second-order valence-electron chi connectivity index (χ2n) is 7.94. The van der Waals surface area contributed by atoms with Gasteiger partial charge >= 0.3 is 0 Å². The van der Waals surface area contributed by atoms with Crippen molar-refractivity contribution in [1.29, 1.82) is 0 Å². The maximum atomic E-state index is 12.3. The predicted molar refractivity (Wildman–Crippen MR) is 117 cm³/mol. The summed E-state index contributed by atoms with van der Waals surface area (Å²) in [5.74, 6) is -0.150. The molecule has 162 valence electrons. The van der Waals surface area contributed by atoms with Crippen LogP contribution >= 0.6 is 0 Å². The second-order valence-corrected chi connectivity index (χ2v) is 7.94. The molecule has 4 atom stereocenters. The van der Waals surface area contributed by atoms with E-state index in [9.17, 15) is 20.1 Å². The molecule has 0 spiro atoms. The van der Waals surface area contributed by atoms with Crippen molar-refractivity contribution >= 4 is 5.91 Å². The fourth-order valence-electron chi connectivity index (χ4n) is 4.09. The Morgan fingerprint density at radius 2 is 1.60 bits per heavy atom. The number of nitrogens with zero attached hydrogens (tertiary/aromatic N) is 1. The number of unbranched alkanes of at least 4 members (excludes halogenated alkanes) is 1. The number of carbonyl (C=O) groups excluding carboxylic acids is 1. The summed E-state index contributed by atoms with van der Waals surface area (Å²) in [6, 6.07) is 17.0. The molecule has 0 radical (unpaired) electrons. The first-order chi connectivity index (χ1) is 14.5. The molecule has 1 aliphatic rings. The van der Waals surface area contributed by atoms with E-state index in [0.717, 1.165) is 29.5 Å². The molecule has 1 aliphatic heterocycles. The first kappa shape index (κ1) is 22.4. The molecular formula is C24H32N2O4. The molecule has 0 aliphatic carbocycles. The van der Waals surface area contributed by atoms with Gasteiger partial charge in [-0.05, 0) is 23.1 Å². The van der Waals surface area contributed by atoms with Crippen LogP contribution in [0.2, 0.25) is 0 Å². The molecule has 4 unspecified atom stereocenters. The number of nitrogens with one attached hydrogen (secondary N) is 1. The zero-order valence-electron chi connectivity index (χ0n) is 17.4. The molecule has 2 aromatic rings. The van der Waals surface area contributed by atoms with Crippen molar-refractivity contribution in [2.75, 3.05) is 13.2 Å². The maximum Gasteiger partial charge on any atom is 0.221 e. The fraction of sp³-hybridized carbons (Fsp3) is 0.458. The van der Waals surface area contributed by atoms with Gasteiger partial charge in [0.05, 0.1) is 24.9 Å². The Kier molecular flexibility index (Phi) is 7.99. The monoisotopic (exact) mass is 412 g/mol. The van der Waals surface area contributed by atoms with Crippen LogP contribution in [-0.2, 0) is 11.3 Å². The van der Waals surface area contributed by atoms with Gasteiger partial charge in [0, 0.05) is 25.6 Å². The Hall–Kier alpha value is -2.25. The van der Waals surface area contributed by atoms with E-state index in [1.165, 1.54) is 0 Å². The minimum absolute atomic E-state index is 0.0839. The highest BCUT2D eigenvalue weighted by molar-refractivity contribution is 5.76. The molecular weight excluding hydrogens is 380 g/mol.